The fourth-order valence-electron chi connectivity index (χ4n) is 4.11. The maximum Gasteiger partial charge on any atom is 0.259 e. The highest BCUT2D eigenvalue weighted by Crippen LogP contribution is 2.45. The molecule has 2 N–H and O–H groups in total. The molecule has 1 unspecified atom stereocenters. The Morgan fingerprint density at radius 3 is 2.70 bits per heavy atom. The normalized spacial score (nSPS) is 18.5. The van der Waals surface area contributed by atoms with E-state index in [9.17, 15) is 9.59 Å². The van der Waals surface area contributed by atoms with Crippen LogP contribution in [0.25, 0.3) is 10.9 Å². The van der Waals surface area contributed by atoms with Gasteiger partial charge in [0.05, 0.1) is 12.1 Å². The summed E-state index contributed by atoms with van der Waals surface area (Å²) in [6.07, 6.45) is 1.95. The molecule has 2 amide bonds. The molecule has 0 bridgehead atoms. The minimum atomic E-state index is -0.279. The zero-order valence-electron chi connectivity index (χ0n) is 14.5. The number of carbonyl (C=O) groups is 2. The van der Waals surface area contributed by atoms with Crippen LogP contribution in [0.5, 0.6) is 0 Å². The van der Waals surface area contributed by atoms with E-state index < -0.39 is 0 Å². The summed E-state index contributed by atoms with van der Waals surface area (Å²) in [7, 11) is 0. The molecule has 5 rings (SSSR count). The van der Waals surface area contributed by atoms with Crippen LogP contribution in [0.3, 0.4) is 0 Å². The van der Waals surface area contributed by atoms with E-state index in [0.29, 0.717) is 10.6 Å². The van der Waals surface area contributed by atoms with Crippen molar-refractivity contribution in [2.24, 2.45) is 0 Å². The molecule has 0 saturated carbocycles. The summed E-state index contributed by atoms with van der Waals surface area (Å²) in [5, 5.41) is 5.12. The number of carbonyl (C=O) groups excluding carboxylic acids is 2. The average molecular weight is 378 g/mol. The first-order chi connectivity index (χ1) is 13.0. The van der Waals surface area contributed by atoms with E-state index in [4.69, 9.17) is 11.6 Å². The van der Waals surface area contributed by atoms with Crippen LogP contribution in [0.2, 0.25) is 5.02 Å². The molecule has 3 aromatic rings. The number of halogens is 1. The standard InChI is InChI=1S/C21H16ClN3O2/c1-11(26)25-10-17-20(21(25)27)18(12-5-7-13(22)8-6-12)14-9-23-15-3-2-4-16(24-17)19(14)15/h2-9,18,23-24H,10H2,1H3. The van der Waals surface area contributed by atoms with Crippen LogP contribution in [-0.4, -0.2) is 28.2 Å². The Labute approximate surface area is 160 Å². The number of H-pyrrole nitrogens is 1. The quantitative estimate of drug-likeness (QED) is 0.673. The van der Waals surface area contributed by atoms with Crippen LogP contribution in [0.15, 0.2) is 59.9 Å². The first-order valence-corrected chi connectivity index (χ1v) is 9.10. The van der Waals surface area contributed by atoms with Gasteiger partial charge in [0.15, 0.2) is 0 Å². The smallest absolute Gasteiger partial charge is 0.259 e. The van der Waals surface area contributed by atoms with E-state index in [-0.39, 0.29) is 24.3 Å². The molecule has 2 aromatic carbocycles. The van der Waals surface area contributed by atoms with E-state index in [2.05, 4.69) is 10.3 Å². The molecule has 2 aliphatic heterocycles. The second-order valence-corrected chi connectivity index (χ2v) is 7.32. The number of nitrogens with one attached hydrogen (secondary N) is 2. The number of nitrogens with zero attached hydrogens (tertiary/aromatic N) is 1. The molecule has 6 heteroatoms. The van der Waals surface area contributed by atoms with Gasteiger partial charge in [-0.2, -0.15) is 0 Å². The van der Waals surface area contributed by atoms with Crippen molar-refractivity contribution < 1.29 is 9.59 Å². The van der Waals surface area contributed by atoms with Gasteiger partial charge in [-0.3, -0.25) is 14.5 Å². The van der Waals surface area contributed by atoms with Gasteiger partial charge in [0, 0.05) is 46.3 Å². The zero-order valence-corrected chi connectivity index (χ0v) is 15.3. The van der Waals surface area contributed by atoms with Gasteiger partial charge in [0.25, 0.3) is 5.91 Å². The van der Waals surface area contributed by atoms with E-state index in [1.165, 1.54) is 11.8 Å². The maximum absolute atomic E-state index is 13.1. The molecule has 27 heavy (non-hydrogen) atoms. The molecule has 134 valence electrons. The van der Waals surface area contributed by atoms with E-state index >= 15 is 0 Å². The molecule has 0 spiro atoms. The van der Waals surface area contributed by atoms with Crippen molar-refractivity contribution in [1.29, 1.82) is 0 Å². The van der Waals surface area contributed by atoms with Crippen molar-refractivity contribution in [3.05, 3.63) is 76.1 Å². The number of imide groups is 1. The lowest BCUT2D eigenvalue weighted by molar-refractivity contribution is -0.139. The van der Waals surface area contributed by atoms with Crippen molar-refractivity contribution in [3.8, 4) is 0 Å². The highest BCUT2D eigenvalue weighted by atomic mass is 35.5. The first-order valence-electron chi connectivity index (χ1n) is 8.72. The Morgan fingerprint density at radius 1 is 1.19 bits per heavy atom. The van der Waals surface area contributed by atoms with Crippen LogP contribution in [0.4, 0.5) is 5.69 Å². The summed E-state index contributed by atoms with van der Waals surface area (Å²) in [5.41, 5.74) is 5.31. The lowest BCUT2D eigenvalue weighted by atomic mass is 9.84. The third kappa shape index (κ3) is 2.32. The summed E-state index contributed by atoms with van der Waals surface area (Å²) in [6, 6.07) is 13.5. The SMILES string of the molecule is CC(=O)N1CC2=C(C1=O)C(c1ccc(Cl)cc1)c1c[nH]c3cccc(c13)N2. The summed E-state index contributed by atoms with van der Waals surface area (Å²) in [4.78, 5) is 29.7. The number of amides is 2. The highest BCUT2D eigenvalue weighted by Gasteiger charge is 2.41. The Morgan fingerprint density at radius 2 is 1.96 bits per heavy atom. The number of rotatable bonds is 1. The molecule has 5 nitrogen and oxygen atoms in total. The Balaban J connectivity index is 1.79. The molecule has 2 aliphatic rings. The molecule has 0 radical (unpaired) electrons. The Hall–Kier alpha value is -3.05. The number of aromatic amines is 1. The van der Waals surface area contributed by atoms with Crippen molar-refractivity contribution in [2.45, 2.75) is 12.8 Å². The molecular formula is C21H16ClN3O2. The number of aromatic nitrogens is 1. The minimum Gasteiger partial charge on any atom is -0.361 e. The van der Waals surface area contributed by atoms with Crippen LogP contribution >= 0.6 is 11.6 Å². The lowest BCUT2D eigenvalue weighted by Gasteiger charge is -2.19. The van der Waals surface area contributed by atoms with Gasteiger partial charge in [0.2, 0.25) is 5.91 Å². The molecule has 1 atom stereocenters. The fraction of sp³-hybridized carbons (Fsp3) is 0.143. The summed E-state index contributed by atoms with van der Waals surface area (Å²) in [6.45, 7) is 1.68. The minimum absolute atomic E-state index is 0.243. The summed E-state index contributed by atoms with van der Waals surface area (Å²) in [5.74, 6) is -0.775. The molecule has 3 heterocycles. The van der Waals surface area contributed by atoms with Gasteiger partial charge in [-0.05, 0) is 35.4 Å². The van der Waals surface area contributed by atoms with Gasteiger partial charge in [-0.1, -0.05) is 29.8 Å². The number of hydrogen-bond acceptors (Lipinski definition) is 3. The second kappa shape index (κ2) is 5.72. The van der Waals surface area contributed by atoms with Crippen molar-refractivity contribution in [1.82, 2.24) is 9.88 Å². The van der Waals surface area contributed by atoms with E-state index in [0.717, 1.165) is 33.4 Å². The molecule has 0 fully saturated rings. The van der Waals surface area contributed by atoms with Crippen LogP contribution in [0, 0.1) is 0 Å². The van der Waals surface area contributed by atoms with Crippen LogP contribution < -0.4 is 5.32 Å². The number of hydrogen-bond donors (Lipinski definition) is 2. The number of benzene rings is 2. The predicted octanol–water partition coefficient (Wildman–Crippen LogP) is 4.02. The van der Waals surface area contributed by atoms with Gasteiger partial charge < -0.3 is 10.3 Å². The predicted molar refractivity (Wildman–Crippen MR) is 105 cm³/mol. The monoisotopic (exact) mass is 377 g/mol. The molecular weight excluding hydrogens is 362 g/mol. The Bertz CT molecular complexity index is 1140. The third-order valence-electron chi connectivity index (χ3n) is 5.32. The van der Waals surface area contributed by atoms with E-state index in [1.807, 2.05) is 48.7 Å². The third-order valence-corrected chi connectivity index (χ3v) is 5.57. The topological polar surface area (TPSA) is 65.2 Å². The second-order valence-electron chi connectivity index (χ2n) is 6.88. The summed E-state index contributed by atoms with van der Waals surface area (Å²) >= 11 is 6.08. The van der Waals surface area contributed by atoms with Gasteiger partial charge in [0.1, 0.15) is 0 Å². The maximum atomic E-state index is 13.1. The van der Waals surface area contributed by atoms with Crippen molar-refractivity contribution in [2.75, 3.05) is 11.9 Å². The van der Waals surface area contributed by atoms with E-state index in [1.54, 1.807) is 0 Å². The molecule has 0 aliphatic carbocycles. The fourth-order valence-corrected chi connectivity index (χ4v) is 4.24. The first kappa shape index (κ1) is 16.1. The van der Waals surface area contributed by atoms with Crippen molar-refractivity contribution >= 4 is 40.0 Å². The van der Waals surface area contributed by atoms with Crippen molar-refractivity contribution in [3.63, 3.8) is 0 Å². The summed E-state index contributed by atoms with van der Waals surface area (Å²) < 4.78 is 0. The molecule has 1 aromatic heterocycles. The average Bonchev–Trinajstić information content (AvgIpc) is 3.16. The lowest BCUT2D eigenvalue weighted by Crippen LogP contribution is -2.33. The Kier molecular flexibility index (Phi) is 3.42. The van der Waals surface area contributed by atoms with Gasteiger partial charge in [-0.15, -0.1) is 0 Å². The van der Waals surface area contributed by atoms with Crippen LogP contribution in [0.1, 0.15) is 24.0 Å². The molecule has 0 saturated heterocycles. The largest absolute Gasteiger partial charge is 0.361 e. The van der Waals surface area contributed by atoms with Gasteiger partial charge >= 0.3 is 0 Å². The highest BCUT2D eigenvalue weighted by molar-refractivity contribution is 6.30. The van der Waals surface area contributed by atoms with Gasteiger partial charge in [-0.25, -0.2) is 0 Å². The van der Waals surface area contributed by atoms with Crippen LogP contribution in [-0.2, 0) is 9.59 Å². The number of anilines is 1. The zero-order chi connectivity index (χ0) is 18.7.